The van der Waals surface area contributed by atoms with Crippen LogP contribution in [0.3, 0.4) is 0 Å². The van der Waals surface area contributed by atoms with Crippen LogP contribution in [0.2, 0.25) is 0 Å². The lowest BCUT2D eigenvalue weighted by atomic mass is 10.1. The third-order valence-corrected chi connectivity index (χ3v) is 23.5. The van der Waals surface area contributed by atoms with E-state index in [9.17, 15) is 73.6 Å². The van der Waals surface area contributed by atoms with Gasteiger partial charge in [0.25, 0.3) is 11.8 Å². The van der Waals surface area contributed by atoms with E-state index in [1.165, 1.54) is 55.3 Å². The molecule has 0 unspecified atom stereocenters. The van der Waals surface area contributed by atoms with Crippen molar-refractivity contribution < 1.29 is 102 Å². The third-order valence-electron chi connectivity index (χ3n) is 20.6. The number of halogens is 2. The van der Waals surface area contributed by atoms with E-state index in [2.05, 4.69) is 38.0 Å². The van der Waals surface area contributed by atoms with Crippen LogP contribution in [0.25, 0.3) is 0 Å². The maximum Gasteiger partial charge on any atom is 0.411 e. The van der Waals surface area contributed by atoms with Crippen LogP contribution in [0.15, 0.2) is 61.7 Å². The lowest BCUT2D eigenvalue weighted by Gasteiger charge is -2.29. The number of unbranched alkanes of at least 4 members (excludes halogenated alkanes) is 16. The van der Waals surface area contributed by atoms with E-state index in [0.29, 0.717) is 47.9 Å². The number of hydrogen-bond acceptors (Lipinski definition) is 19. The second-order valence-corrected chi connectivity index (χ2v) is 35.2. The number of carbonyl (C=O) groups is 10. The van der Waals surface area contributed by atoms with Crippen LogP contribution in [0.1, 0.15) is 218 Å². The summed E-state index contributed by atoms with van der Waals surface area (Å²) in [6, 6.07) is 6.74. The summed E-state index contributed by atoms with van der Waals surface area (Å²) in [6.07, 6.45) is 14.6. The number of nitrogens with one attached hydrogen (secondary N) is 4. The molecule has 5 N–H and O–H groups in total. The first-order valence-electron chi connectivity index (χ1n) is 38.4. The molecule has 0 aromatic heterocycles. The van der Waals surface area contributed by atoms with Gasteiger partial charge in [-0.05, 0) is 103 Å². The van der Waals surface area contributed by atoms with Crippen molar-refractivity contribution in [2.45, 2.75) is 268 Å². The van der Waals surface area contributed by atoms with Crippen molar-refractivity contribution in [3.05, 3.63) is 95.6 Å². The summed E-state index contributed by atoms with van der Waals surface area (Å²) < 4.78 is 115. The van der Waals surface area contributed by atoms with Gasteiger partial charge in [0.15, 0.2) is 0 Å². The van der Waals surface area contributed by atoms with E-state index in [4.69, 9.17) is 24.1 Å². The second kappa shape index (κ2) is 39.8. The Hall–Kier alpha value is -8.50. The number of fused-ring (bicyclic) bond motifs is 2. The number of carbonyl (C=O) groups excluding carboxylic acids is 9. The lowest BCUT2D eigenvalue weighted by Crippen LogP contribution is -2.57. The van der Waals surface area contributed by atoms with Gasteiger partial charge in [0.1, 0.15) is 58.2 Å². The Labute approximate surface area is 651 Å². The van der Waals surface area contributed by atoms with Crippen LogP contribution < -0.4 is 20.1 Å². The minimum atomic E-state index is -4.27. The van der Waals surface area contributed by atoms with Crippen molar-refractivity contribution in [1.82, 2.24) is 48.3 Å². The number of rotatable bonds is 38. The summed E-state index contributed by atoms with van der Waals surface area (Å²) in [6.45, 7) is 17.7. The molecule has 111 heavy (non-hydrogen) atoms. The minimum absolute atomic E-state index is 0.00580. The van der Waals surface area contributed by atoms with Crippen molar-refractivity contribution >= 4 is 80.4 Å². The average molecular weight is 1600 g/mol. The topological polar surface area (TPSA) is 373 Å². The van der Waals surface area contributed by atoms with Crippen molar-refractivity contribution in [3.8, 4) is 0 Å². The van der Waals surface area contributed by atoms with Crippen molar-refractivity contribution in [1.29, 1.82) is 0 Å². The fourth-order valence-corrected chi connectivity index (χ4v) is 15.9. The highest BCUT2D eigenvalue weighted by Crippen LogP contribution is 2.47. The molecule has 0 radical (unpaired) electrons. The van der Waals surface area contributed by atoms with E-state index < -0.39 is 144 Å². The number of benzene rings is 2. The van der Waals surface area contributed by atoms with Crippen LogP contribution in [-0.4, -0.2) is 204 Å². The number of likely N-dealkylation sites (tertiary alicyclic amines) is 2. The number of hydrogen-bond donors (Lipinski definition) is 5. The molecular weight excluding hydrogens is 1490 g/mol. The van der Waals surface area contributed by atoms with Crippen molar-refractivity contribution in [3.63, 3.8) is 0 Å². The maximum absolute atomic E-state index is 14.3. The Balaban J connectivity index is 0.000000308. The highest BCUT2D eigenvalue weighted by atomic mass is 32.2. The van der Waals surface area contributed by atoms with E-state index in [0.717, 1.165) is 115 Å². The number of carboxylic acids is 1. The lowest BCUT2D eigenvalue weighted by molar-refractivity contribution is -0.141. The molecule has 8 atom stereocenters. The molecule has 2 aromatic rings. The van der Waals surface area contributed by atoms with Gasteiger partial charge in [-0.2, -0.15) is 25.4 Å². The first kappa shape index (κ1) is 89.7. The summed E-state index contributed by atoms with van der Waals surface area (Å²) in [5, 5.41) is 14.1. The van der Waals surface area contributed by atoms with Gasteiger partial charge >= 0.3 is 56.7 Å². The fourth-order valence-electron chi connectivity index (χ4n) is 14.0. The first-order chi connectivity index (χ1) is 52.3. The van der Waals surface area contributed by atoms with E-state index >= 15 is 0 Å². The molecule has 0 bridgehead atoms. The van der Waals surface area contributed by atoms with Gasteiger partial charge in [-0.1, -0.05) is 126 Å². The Morgan fingerprint density at radius 1 is 0.532 bits per heavy atom. The highest BCUT2D eigenvalue weighted by molar-refractivity contribution is 7.88. The van der Waals surface area contributed by atoms with Crippen molar-refractivity contribution in [2.75, 3.05) is 47.4 Å². The summed E-state index contributed by atoms with van der Waals surface area (Å²) >= 11 is 0. The van der Waals surface area contributed by atoms with Crippen LogP contribution in [0, 0.1) is 23.5 Å². The second-order valence-electron chi connectivity index (χ2n) is 31.6. The molecular formula is C77H114F2N10O20S2. The summed E-state index contributed by atoms with van der Waals surface area (Å²) in [5.41, 5.74) is -3.02. The number of esters is 1. The molecule has 6 aliphatic rings. The normalized spacial score (nSPS) is 21.8. The molecule has 4 aliphatic heterocycles. The predicted molar refractivity (Wildman–Crippen MR) is 404 cm³/mol. The molecule has 2 aliphatic carbocycles. The van der Waals surface area contributed by atoms with Gasteiger partial charge in [0.2, 0.25) is 11.8 Å². The predicted octanol–water partition coefficient (Wildman–Crippen LogP) is 10.1. The average Bonchev–Trinajstić information content (AvgIpc) is 1.58. The Bertz CT molecular complexity index is 3910. The Morgan fingerprint density at radius 3 is 1.19 bits per heavy atom. The molecule has 2 saturated heterocycles. The Kier molecular flexibility index (Phi) is 32.2. The largest absolute Gasteiger partial charge is 0.481 e. The first-order valence-corrected chi connectivity index (χ1v) is 41.3. The molecule has 4 heterocycles. The third kappa shape index (κ3) is 25.8. The molecule has 4 fully saturated rings. The van der Waals surface area contributed by atoms with Gasteiger partial charge in [-0.15, -0.1) is 13.2 Å². The summed E-state index contributed by atoms with van der Waals surface area (Å²) in [4.78, 5) is 135. The Morgan fingerprint density at radius 2 is 0.874 bits per heavy atom. The number of nitrogens with zero attached hydrogens (tertiary/aromatic N) is 6. The smallest absolute Gasteiger partial charge is 0.411 e. The zero-order valence-electron chi connectivity index (χ0n) is 65.6. The summed E-state index contributed by atoms with van der Waals surface area (Å²) in [5.74, 6) is -6.37. The maximum atomic E-state index is 14.3. The molecule has 2 saturated carbocycles. The molecule has 0 spiro atoms. The van der Waals surface area contributed by atoms with E-state index in [-0.39, 0.29) is 90.4 Å². The molecule has 34 heteroatoms. The van der Waals surface area contributed by atoms with Gasteiger partial charge in [0, 0.05) is 88.9 Å². The minimum Gasteiger partial charge on any atom is -0.481 e. The molecule has 618 valence electrons. The van der Waals surface area contributed by atoms with Crippen LogP contribution in [0.5, 0.6) is 0 Å². The zero-order valence-corrected chi connectivity index (χ0v) is 67.2. The van der Waals surface area contributed by atoms with E-state index in [1.54, 1.807) is 65.8 Å². The number of amides is 8. The zero-order chi connectivity index (χ0) is 81.8. The fraction of sp³-hybridized carbons (Fsp3) is 0.662. The molecule has 2 aromatic carbocycles. The highest BCUT2D eigenvalue weighted by Gasteiger charge is 2.63. The van der Waals surface area contributed by atoms with Gasteiger partial charge < -0.3 is 39.4 Å². The number of methoxy groups -OCH3 is 1. The monoisotopic (exact) mass is 1600 g/mol. The number of aliphatic carboxylic acids is 1. The standard InChI is InChI=1S/C39H58FN5O10S.C38H56FN5O10S/c1-7-28-23-39(28,35(48)42-56(51,52)43(5)21-16-14-12-10-8-9-11-13-15-20-33(46)53-6)41-34(47)32-22-29(25-45(32)37(50)55-38(2,3)4)54-36(49)44-24-27-18-17-19-31(40)30(27)26-44;1-6-27-22-38(27,34(48)41-55(51,52)42(5)20-15-13-11-9-7-8-10-12-14-19-32(45)46)40-33(47)31-21-28(24-44(31)36(50)54-37(2,3)4)53-35(49)43-23-26-17-16-18-30(39)29(26)25-43/h7,17-19,28-29,32H,1,8-16,20-26H2,2-6H3,(H,41,47)(H,42,48);6,16-18,27-28,31H,1,7-15,19-25H2,2-5H3,(H,40,47)(H,41,48)(H,45,46)/t28-,29-,32+,39-;27-,28-,31+,38-/m11/s1. The molecule has 30 nitrogen and oxygen atoms in total. The van der Waals surface area contributed by atoms with Gasteiger partial charge in [-0.3, -0.25) is 48.4 Å². The molecule has 8 amide bonds. The van der Waals surface area contributed by atoms with Crippen LogP contribution in [0.4, 0.5) is 28.0 Å². The van der Waals surface area contributed by atoms with E-state index in [1.807, 2.05) is 0 Å². The van der Waals surface area contributed by atoms with Gasteiger partial charge in [0.05, 0.1) is 33.3 Å². The van der Waals surface area contributed by atoms with Crippen LogP contribution in [-0.2, 0) is 99.0 Å². The molecule has 8 rings (SSSR count). The SMILES string of the molecule is C=C[C@@H]1C[C@]1(NC(=O)[C@@H]1C[C@@H](OC(=O)N2Cc3cccc(F)c3C2)CN1C(=O)OC(C)(C)C)C(=O)NS(=O)(=O)N(C)CCCCCCCCCCCC(=O)O.C=C[C@@H]1C[C@]1(NC(=O)[C@@H]1C[C@@H](OC(=O)N2Cc3cccc(F)c3C2)CN1C(=O)OC(C)(C)C)C(=O)NS(=O)(=O)N(C)CCCCCCCCCCCC(=O)OC. The summed E-state index contributed by atoms with van der Waals surface area (Å²) in [7, 11) is -4.39. The van der Waals surface area contributed by atoms with Gasteiger partial charge in [-0.25, -0.2) is 37.4 Å². The number of ether oxygens (including phenoxy) is 5. The van der Waals surface area contributed by atoms with Crippen molar-refractivity contribution in [2.24, 2.45) is 11.8 Å². The quantitative estimate of drug-likeness (QED) is 0.0180. The number of carboxylic acid groups (broad SMARTS) is 1. The van der Waals surface area contributed by atoms with Crippen LogP contribution >= 0.6 is 0 Å².